The number of nitrogens with one attached hydrogen (secondary N) is 1. The molecule has 0 bridgehead atoms. The number of carbonyl (C=O) groups excluding carboxylic acids is 1. The van der Waals surface area contributed by atoms with Gasteiger partial charge in [-0.3, -0.25) is 25.0 Å². The number of rotatable bonds is 6. The first-order valence-electron chi connectivity index (χ1n) is 10.5. The fraction of sp³-hybridized carbons (Fsp3) is 0.409. The number of amides is 1. The van der Waals surface area contributed by atoms with Crippen LogP contribution >= 0.6 is 0 Å². The lowest BCUT2D eigenvalue weighted by atomic mass is 9.82. The van der Waals surface area contributed by atoms with Crippen molar-refractivity contribution in [2.45, 2.75) is 32.2 Å². The highest BCUT2D eigenvalue weighted by molar-refractivity contribution is 5.95. The van der Waals surface area contributed by atoms with E-state index in [2.05, 4.69) is 22.3 Å². The topological polar surface area (TPSA) is 119 Å². The lowest BCUT2D eigenvalue weighted by Crippen LogP contribution is -2.23. The summed E-state index contributed by atoms with van der Waals surface area (Å²) in [5, 5.41) is 24.7. The van der Waals surface area contributed by atoms with Crippen molar-refractivity contribution in [3.05, 3.63) is 73.8 Å². The van der Waals surface area contributed by atoms with E-state index in [0.29, 0.717) is 0 Å². The molecule has 4 rings (SSSR count). The minimum atomic E-state index is -0.753. The Hall–Kier alpha value is -3.49. The number of anilines is 1. The van der Waals surface area contributed by atoms with Crippen molar-refractivity contribution in [3.63, 3.8) is 0 Å². The zero-order chi connectivity index (χ0) is 22.0. The number of nitro groups is 2. The standard InChI is InChI=1S/C22H24N4O5/c27-22(18-9-20(25(28)29)11-21(10-18)26(30)31)23-12-15-5-7-19(8-6-15)24-13-16-3-1-2-4-17(16)14-24/h5-11,16-17H,1-4,12-14H2,(H,23,27). The van der Waals surface area contributed by atoms with E-state index in [1.54, 1.807) is 0 Å². The summed E-state index contributed by atoms with van der Waals surface area (Å²) in [6, 6.07) is 10.9. The number of hydrogen-bond donors (Lipinski definition) is 1. The second-order valence-corrected chi connectivity index (χ2v) is 8.31. The highest BCUT2D eigenvalue weighted by Crippen LogP contribution is 2.38. The first-order valence-corrected chi connectivity index (χ1v) is 10.5. The maximum Gasteiger partial charge on any atom is 0.277 e. The van der Waals surface area contributed by atoms with Crippen LogP contribution in [-0.2, 0) is 6.54 Å². The summed E-state index contributed by atoms with van der Waals surface area (Å²) in [6.07, 6.45) is 5.31. The molecular weight excluding hydrogens is 400 g/mol. The Morgan fingerprint density at radius 1 is 0.935 bits per heavy atom. The first-order chi connectivity index (χ1) is 14.9. The second-order valence-electron chi connectivity index (χ2n) is 8.31. The van der Waals surface area contributed by atoms with Gasteiger partial charge in [0.25, 0.3) is 17.3 Å². The van der Waals surface area contributed by atoms with Gasteiger partial charge < -0.3 is 10.2 Å². The molecule has 1 aliphatic heterocycles. The maximum atomic E-state index is 12.4. The van der Waals surface area contributed by atoms with Gasteiger partial charge in [0.2, 0.25) is 0 Å². The molecule has 0 aromatic heterocycles. The van der Waals surface area contributed by atoms with Gasteiger partial charge in [-0.15, -0.1) is 0 Å². The normalized spacial score (nSPS) is 20.2. The molecule has 9 heteroatoms. The fourth-order valence-corrected chi connectivity index (χ4v) is 4.66. The molecule has 2 unspecified atom stereocenters. The number of hydrogen-bond acceptors (Lipinski definition) is 6. The SMILES string of the molecule is O=C(NCc1ccc(N2CC3CCCCC3C2)cc1)c1cc([N+](=O)[O-])cc([N+](=O)[O-])c1. The quantitative estimate of drug-likeness (QED) is 0.552. The molecule has 0 spiro atoms. The van der Waals surface area contributed by atoms with Gasteiger partial charge >= 0.3 is 0 Å². The Labute approximate surface area is 179 Å². The number of non-ortho nitro benzene ring substituents is 2. The van der Waals surface area contributed by atoms with Gasteiger partial charge in [0.1, 0.15) is 0 Å². The van der Waals surface area contributed by atoms with Gasteiger partial charge in [-0.2, -0.15) is 0 Å². The van der Waals surface area contributed by atoms with E-state index in [-0.39, 0.29) is 12.1 Å². The zero-order valence-electron chi connectivity index (χ0n) is 17.0. The van der Waals surface area contributed by atoms with E-state index in [0.717, 1.165) is 48.7 Å². The van der Waals surface area contributed by atoms with Crippen LogP contribution in [0.2, 0.25) is 0 Å². The van der Waals surface area contributed by atoms with Crippen LogP contribution in [0.15, 0.2) is 42.5 Å². The minimum Gasteiger partial charge on any atom is -0.371 e. The third-order valence-corrected chi connectivity index (χ3v) is 6.32. The molecule has 0 radical (unpaired) electrons. The third kappa shape index (κ3) is 4.65. The molecule has 1 saturated carbocycles. The van der Waals surface area contributed by atoms with E-state index in [9.17, 15) is 25.0 Å². The van der Waals surface area contributed by atoms with Crippen molar-refractivity contribution in [2.75, 3.05) is 18.0 Å². The van der Waals surface area contributed by atoms with Crippen LogP contribution in [0.5, 0.6) is 0 Å². The molecule has 1 amide bonds. The molecule has 1 N–H and O–H groups in total. The molecule has 2 aliphatic rings. The number of benzene rings is 2. The van der Waals surface area contributed by atoms with Crippen LogP contribution in [0.1, 0.15) is 41.6 Å². The predicted molar refractivity (Wildman–Crippen MR) is 115 cm³/mol. The number of nitrogens with zero attached hydrogens (tertiary/aromatic N) is 3. The van der Waals surface area contributed by atoms with E-state index in [4.69, 9.17) is 0 Å². The van der Waals surface area contributed by atoms with Crippen molar-refractivity contribution in [1.82, 2.24) is 5.32 Å². The largest absolute Gasteiger partial charge is 0.371 e. The summed E-state index contributed by atoms with van der Waals surface area (Å²) < 4.78 is 0. The molecule has 1 heterocycles. The number of nitro benzene ring substituents is 2. The number of fused-ring (bicyclic) bond motifs is 1. The van der Waals surface area contributed by atoms with Crippen LogP contribution in [0.4, 0.5) is 17.1 Å². The summed E-state index contributed by atoms with van der Waals surface area (Å²) in [6.45, 7) is 2.43. The van der Waals surface area contributed by atoms with Crippen molar-refractivity contribution in [2.24, 2.45) is 11.8 Å². The Bertz CT molecular complexity index is 961. The van der Waals surface area contributed by atoms with Crippen LogP contribution in [0.3, 0.4) is 0 Å². The average molecular weight is 424 g/mol. The lowest BCUT2D eigenvalue weighted by molar-refractivity contribution is -0.394. The molecule has 2 aromatic carbocycles. The molecule has 31 heavy (non-hydrogen) atoms. The van der Waals surface area contributed by atoms with Crippen molar-refractivity contribution < 1.29 is 14.6 Å². The van der Waals surface area contributed by atoms with Crippen molar-refractivity contribution in [3.8, 4) is 0 Å². The van der Waals surface area contributed by atoms with Crippen molar-refractivity contribution >= 4 is 23.0 Å². The summed E-state index contributed by atoms with van der Waals surface area (Å²) in [4.78, 5) is 35.4. The minimum absolute atomic E-state index is 0.114. The maximum absolute atomic E-state index is 12.4. The van der Waals surface area contributed by atoms with Gasteiger partial charge in [-0.05, 0) is 42.4 Å². The molecule has 162 valence electrons. The van der Waals surface area contributed by atoms with Crippen LogP contribution < -0.4 is 10.2 Å². The lowest BCUT2D eigenvalue weighted by Gasteiger charge is -2.22. The summed E-state index contributed by atoms with van der Waals surface area (Å²) >= 11 is 0. The van der Waals surface area contributed by atoms with E-state index in [1.165, 1.54) is 31.4 Å². The Morgan fingerprint density at radius 3 is 2.00 bits per heavy atom. The number of carbonyl (C=O) groups is 1. The van der Waals surface area contributed by atoms with Gasteiger partial charge in [0.05, 0.1) is 21.5 Å². The summed E-state index contributed by atoms with van der Waals surface area (Å²) in [5.74, 6) is 0.998. The van der Waals surface area contributed by atoms with E-state index >= 15 is 0 Å². The predicted octanol–water partition coefficient (Wildman–Crippen LogP) is 4.06. The summed E-state index contributed by atoms with van der Waals surface area (Å²) in [7, 11) is 0. The molecule has 1 saturated heterocycles. The van der Waals surface area contributed by atoms with Crippen LogP contribution in [0.25, 0.3) is 0 Å². The fourth-order valence-electron chi connectivity index (χ4n) is 4.66. The molecular formula is C22H24N4O5. The monoisotopic (exact) mass is 424 g/mol. The molecule has 2 aromatic rings. The smallest absolute Gasteiger partial charge is 0.277 e. The van der Waals surface area contributed by atoms with Crippen LogP contribution in [-0.4, -0.2) is 28.8 Å². The first kappa shape index (κ1) is 20.8. The van der Waals surface area contributed by atoms with Gasteiger partial charge in [-0.1, -0.05) is 25.0 Å². The highest BCUT2D eigenvalue weighted by atomic mass is 16.6. The summed E-state index contributed by atoms with van der Waals surface area (Å²) in [5.41, 5.74) is 0.967. The van der Waals surface area contributed by atoms with E-state index in [1.807, 2.05) is 12.1 Å². The Kier molecular flexibility index (Phi) is 5.83. The van der Waals surface area contributed by atoms with E-state index < -0.39 is 27.1 Å². The average Bonchev–Trinajstić information content (AvgIpc) is 3.21. The molecule has 2 fully saturated rings. The van der Waals surface area contributed by atoms with Gasteiger partial charge in [0, 0.05) is 37.5 Å². The highest BCUT2D eigenvalue weighted by Gasteiger charge is 2.34. The van der Waals surface area contributed by atoms with Gasteiger partial charge in [-0.25, -0.2) is 0 Å². The Balaban J connectivity index is 1.39. The van der Waals surface area contributed by atoms with Gasteiger partial charge in [0.15, 0.2) is 0 Å². The molecule has 9 nitrogen and oxygen atoms in total. The third-order valence-electron chi connectivity index (χ3n) is 6.32. The Morgan fingerprint density at radius 2 is 1.48 bits per heavy atom. The zero-order valence-corrected chi connectivity index (χ0v) is 17.0. The van der Waals surface area contributed by atoms with Crippen LogP contribution in [0, 0.1) is 32.1 Å². The second kappa shape index (κ2) is 8.71. The van der Waals surface area contributed by atoms with Crippen molar-refractivity contribution in [1.29, 1.82) is 0 Å². The molecule has 1 aliphatic carbocycles. The molecule has 2 atom stereocenters.